The summed E-state index contributed by atoms with van der Waals surface area (Å²) in [5.41, 5.74) is 4.87. The molecule has 0 amide bonds. The molecule has 0 aliphatic rings. The van der Waals surface area contributed by atoms with Gasteiger partial charge in [-0.25, -0.2) is 0 Å². The van der Waals surface area contributed by atoms with Crippen molar-refractivity contribution < 1.29 is 0 Å². The first-order valence-electron chi connectivity index (χ1n) is 3.79. The van der Waals surface area contributed by atoms with Crippen LogP contribution in [0.15, 0.2) is 18.7 Å². The van der Waals surface area contributed by atoms with E-state index in [9.17, 15) is 0 Å². The first-order chi connectivity index (χ1) is 5.69. The molecule has 1 aromatic carbocycles. The average molecular weight is 273 g/mol. The molecule has 0 unspecified atom stereocenters. The lowest BCUT2D eigenvalue weighted by atomic mass is 10.0. The van der Waals surface area contributed by atoms with Gasteiger partial charge in [-0.2, -0.15) is 0 Å². The Hall–Kier alpha value is -0.510. The third kappa shape index (κ3) is 1.80. The van der Waals surface area contributed by atoms with E-state index in [0.717, 1.165) is 5.69 Å². The van der Waals surface area contributed by atoms with E-state index in [-0.39, 0.29) is 0 Å². The first kappa shape index (κ1) is 9.58. The van der Waals surface area contributed by atoms with Gasteiger partial charge in [-0.1, -0.05) is 18.7 Å². The highest BCUT2D eigenvalue weighted by atomic mass is 127. The van der Waals surface area contributed by atoms with Gasteiger partial charge in [-0.3, -0.25) is 0 Å². The molecule has 0 aromatic heterocycles. The van der Waals surface area contributed by atoms with Crippen molar-refractivity contribution >= 4 is 34.6 Å². The topological polar surface area (TPSA) is 12.0 Å². The quantitative estimate of drug-likeness (QED) is 0.639. The fourth-order valence-electron chi connectivity index (χ4n) is 1.33. The molecule has 0 aliphatic carbocycles. The molecule has 0 fully saturated rings. The molecular formula is C10H12IN. The second-order valence-corrected chi connectivity index (χ2v) is 3.38. The maximum Gasteiger partial charge on any atom is 0.0560 e. The standard InChI is InChI=1S/C10H12IN/c1-4-9-8(3)5-7(2)6-10(9)12-11/h4-6,12H,1H2,2-3H3. The van der Waals surface area contributed by atoms with E-state index < -0.39 is 0 Å². The zero-order chi connectivity index (χ0) is 9.14. The van der Waals surface area contributed by atoms with E-state index in [1.165, 1.54) is 16.7 Å². The van der Waals surface area contributed by atoms with Crippen LogP contribution in [0.25, 0.3) is 6.08 Å². The number of rotatable bonds is 2. The molecule has 2 heteroatoms. The Morgan fingerprint density at radius 1 is 1.42 bits per heavy atom. The van der Waals surface area contributed by atoms with Crippen molar-refractivity contribution in [3.63, 3.8) is 0 Å². The maximum atomic E-state index is 3.79. The summed E-state index contributed by atoms with van der Waals surface area (Å²) in [6.07, 6.45) is 1.88. The van der Waals surface area contributed by atoms with Crippen molar-refractivity contribution in [2.24, 2.45) is 0 Å². The Kier molecular flexibility index (Phi) is 3.14. The molecule has 0 spiro atoms. The summed E-state index contributed by atoms with van der Waals surface area (Å²) in [7, 11) is 0. The molecule has 0 saturated carbocycles. The molecule has 0 atom stereocenters. The minimum Gasteiger partial charge on any atom is -0.328 e. The average Bonchev–Trinajstić information content (AvgIpc) is 2.03. The highest BCUT2D eigenvalue weighted by Gasteiger charge is 2.01. The Morgan fingerprint density at radius 3 is 2.58 bits per heavy atom. The molecule has 0 radical (unpaired) electrons. The van der Waals surface area contributed by atoms with Crippen molar-refractivity contribution in [3.05, 3.63) is 35.4 Å². The number of anilines is 1. The second-order valence-electron chi connectivity index (χ2n) is 2.84. The highest BCUT2D eigenvalue weighted by molar-refractivity contribution is 14.1. The van der Waals surface area contributed by atoms with E-state index in [1.807, 2.05) is 6.08 Å². The van der Waals surface area contributed by atoms with Crippen LogP contribution in [0, 0.1) is 13.8 Å². The van der Waals surface area contributed by atoms with Crippen LogP contribution in [-0.2, 0) is 0 Å². The summed E-state index contributed by atoms with van der Waals surface area (Å²) >= 11 is 2.14. The minimum atomic E-state index is 1.14. The minimum absolute atomic E-state index is 1.14. The lowest BCUT2D eigenvalue weighted by molar-refractivity contribution is 1.37. The van der Waals surface area contributed by atoms with Gasteiger partial charge in [-0.05, 0) is 31.0 Å². The fourth-order valence-corrected chi connectivity index (χ4v) is 1.77. The molecule has 0 heterocycles. The molecule has 12 heavy (non-hydrogen) atoms. The third-order valence-corrected chi connectivity index (χ3v) is 2.42. The molecule has 0 aliphatic heterocycles. The molecule has 64 valence electrons. The van der Waals surface area contributed by atoms with Crippen LogP contribution in [0.2, 0.25) is 0 Å². The summed E-state index contributed by atoms with van der Waals surface area (Å²) < 4.78 is 3.13. The summed E-state index contributed by atoms with van der Waals surface area (Å²) in [6.45, 7) is 7.98. The van der Waals surface area contributed by atoms with Crippen LogP contribution in [0.3, 0.4) is 0 Å². The van der Waals surface area contributed by atoms with E-state index >= 15 is 0 Å². The Balaban J connectivity index is 3.33. The van der Waals surface area contributed by atoms with Gasteiger partial charge in [-0.15, -0.1) is 0 Å². The van der Waals surface area contributed by atoms with Crippen LogP contribution < -0.4 is 3.53 Å². The molecule has 1 nitrogen and oxygen atoms in total. The van der Waals surface area contributed by atoms with Crippen LogP contribution in [0.4, 0.5) is 5.69 Å². The van der Waals surface area contributed by atoms with Crippen molar-refractivity contribution in [2.45, 2.75) is 13.8 Å². The van der Waals surface area contributed by atoms with Gasteiger partial charge in [0.05, 0.1) is 28.6 Å². The predicted octanol–water partition coefficient (Wildman–Crippen LogP) is 3.71. The number of aryl methyl sites for hydroxylation is 2. The lowest BCUT2D eigenvalue weighted by Gasteiger charge is -2.08. The highest BCUT2D eigenvalue weighted by Crippen LogP contribution is 2.23. The smallest absolute Gasteiger partial charge is 0.0560 e. The van der Waals surface area contributed by atoms with E-state index in [1.54, 1.807) is 0 Å². The van der Waals surface area contributed by atoms with E-state index in [2.05, 4.69) is 59.0 Å². The largest absolute Gasteiger partial charge is 0.328 e. The van der Waals surface area contributed by atoms with Crippen LogP contribution in [-0.4, -0.2) is 0 Å². The number of benzene rings is 1. The van der Waals surface area contributed by atoms with Crippen LogP contribution in [0.1, 0.15) is 16.7 Å². The van der Waals surface area contributed by atoms with Gasteiger partial charge < -0.3 is 3.53 Å². The van der Waals surface area contributed by atoms with Crippen molar-refractivity contribution in [1.82, 2.24) is 0 Å². The Bertz CT molecular complexity index is 305. The predicted molar refractivity (Wildman–Crippen MR) is 63.6 cm³/mol. The van der Waals surface area contributed by atoms with Crippen molar-refractivity contribution in [3.8, 4) is 0 Å². The Labute approximate surface area is 87.4 Å². The van der Waals surface area contributed by atoms with Gasteiger partial charge in [0, 0.05) is 5.56 Å². The van der Waals surface area contributed by atoms with Gasteiger partial charge in [0.2, 0.25) is 0 Å². The lowest BCUT2D eigenvalue weighted by Crippen LogP contribution is -1.90. The Morgan fingerprint density at radius 2 is 2.08 bits per heavy atom. The third-order valence-electron chi connectivity index (χ3n) is 1.84. The van der Waals surface area contributed by atoms with Gasteiger partial charge in [0.1, 0.15) is 0 Å². The molecule has 1 rings (SSSR count). The number of nitrogens with one attached hydrogen (secondary N) is 1. The van der Waals surface area contributed by atoms with Gasteiger partial charge >= 0.3 is 0 Å². The normalized spacial score (nSPS) is 9.58. The number of hydrogen-bond acceptors (Lipinski definition) is 1. The molecule has 0 saturated heterocycles. The van der Waals surface area contributed by atoms with Crippen molar-refractivity contribution in [1.29, 1.82) is 0 Å². The van der Waals surface area contributed by atoms with E-state index in [0.29, 0.717) is 0 Å². The molecule has 0 bridgehead atoms. The van der Waals surface area contributed by atoms with Crippen LogP contribution >= 0.6 is 22.9 Å². The SMILES string of the molecule is C=Cc1c(C)cc(C)cc1NI. The number of hydrogen-bond donors (Lipinski definition) is 1. The fraction of sp³-hybridized carbons (Fsp3) is 0.200. The molecular weight excluding hydrogens is 261 g/mol. The summed E-state index contributed by atoms with van der Waals surface area (Å²) in [4.78, 5) is 0. The van der Waals surface area contributed by atoms with Crippen LogP contribution in [0.5, 0.6) is 0 Å². The maximum absolute atomic E-state index is 3.79. The monoisotopic (exact) mass is 273 g/mol. The summed E-state index contributed by atoms with van der Waals surface area (Å²) in [6, 6.07) is 4.28. The summed E-state index contributed by atoms with van der Waals surface area (Å²) in [5.74, 6) is 0. The molecule has 1 aromatic rings. The zero-order valence-electron chi connectivity index (χ0n) is 7.32. The molecule has 1 N–H and O–H groups in total. The van der Waals surface area contributed by atoms with Gasteiger partial charge in [0.15, 0.2) is 0 Å². The zero-order valence-corrected chi connectivity index (χ0v) is 9.47. The second kappa shape index (κ2) is 3.94. The first-order valence-corrected chi connectivity index (χ1v) is 4.87. The van der Waals surface area contributed by atoms with Crippen molar-refractivity contribution in [2.75, 3.05) is 3.53 Å². The van der Waals surface area contributed by atoms with E-state index in [4.69, 9.17) is 0 Å². The van der Waals surface area contributed by atoms with Gasteiger partial charge in [0.25, 0.3) is 0 Å². The number of halogens is 1. The summed E-state index contributed by atoms with van der Waals surface area (Å²) in [5, 5.41) is 0.